The number of morpholine rings is 1. The van der Waals surface area contributed by atoms with Crippen molar-refractivity contribution in [2.24, 2.45) is 11.8 Å². The molecule has 2 unspecified atom stereocenters. The Morgan fingerprint density at radius 1 is 1.15 bits per heavy atom. The van der Waals surface area contributed by atoms with Crippen LogP contribution in [-0.2, 0) is 9.53 Å². The fraction of sp³-hybridized carbons (Fsp3) is 0.737. The Balaban J connectivity index is 1.53. The first-order chi connectivity index (χ1) is 12.7. The van der Waals surface area contributed by atoms with E-state index >= 15 is 0 Å². The van der Waals surface area contributed by atoms with Crippen molar-refractivity contribution < 1.29 is 14.6 Å². The van der Waals surface area contributed by atoms with Crippen LogP contribution in [0.5, 0.6) is 0 Å². The molecule has 0 bridgehead atoms. The highest BCUT2D eigenvalue weighted by molar-refractivity contribution is 5.78. The van der Waals surface area contributed by atoms with Gasteiger partial charge in [-0.15, -0.1) is 0 Å². The van der Waals surface area contributed by atoms with E-state index in [-0.39, 0.29) is 0 Å². The third-order valence-electron chi connectivity index (χ3n) is 6.15. The van der Waals surface area contributed by atoms with Gasteiger partial charge >= 0.3 is 5.97 Å². The van der Waals surface area contributed by atoms with E-state index in [1.165, 1.54) is 32.1 Å². The molecule has 3 aliphatic rings. The standard InChI is InChI=1S/C19H28N4O3/c24-18(25)16-12-15(14-4-2-1-3-5-14)13-23(16)17-6-7-20-19(21-17)22-8-10-26-11-9-22/h6-7,14-16H,1-5,8-13H2,(H,24,25). The van der Waals surface area contributed by atoms with E-state index in [0.29, 0.717) is 31.0 Å². The minimum absolute atomic E-state index is 0.457. The molecule has 0 aromatic carbocycles. The fourth-order valence-electron chi connectivity index (χ4n) is 4.72. The molecular weight excluding hydrogens is 332 g/mol. The van der Waals surface area contributed by atoms with Crippen molar-refractivity contribution >= 4 is 17.7 Å². The van der Waals surface area contributed by atoms with Crippen molar-refractivity contribution in [3.8, 4) is 0 Å². The molecule has 1 N–H and O–H groups in total. The molecule has 3 heterocycles. The minimum Gasteiger partial charge on any atom is -0.480 e. The van der Waals surface area contributed by atoms with Crippen molar-refractivity contribution in [1.29, 1.82) is 0 Å². The molecule has 1 saturated carbocycles. The number of nitrogens with zero attached hydrogens (tertiary/aromatic N) is 4. The predicted molar refractivity (Wildman–Crippen MR) is 98.5 cm³/mol. The van der Waals surface area contributed by atoms with Crippen LogP contribution in [0.4, 0.5) is 11.8 Å². The monoisotopic (exact) mass is 360 g/mol. The minimum atomic E-state index is -0.741. The smallest absolute Gasteiger partial charge is 0.326 e. The Morgan fingerprint density at radius 3 is 2.65 bits per heavy atom. The first-order valence-corrected chi connectivity index (χ1v) is 9.87. The number of aliphatic carboxylic acids is 1. The van der Waals surface area contributed by atoms with Crippen molar-refractivity contribution in [3.05, 3.63) is 12.3 Å². The summed E-state index contributed by atoms with van der Waals surface area (Å²) in [5, 5.41) is 9.77. The second kappa shape index (κ2) is 7.78. The molecule has 0 spiro atoms. The van der Waals surface area contributed by atoms with E-state index in [9.17, 15) is 9.90 Å². The third kappa shape index (κ3) is 3.63. The molecule has 142 valence electrons. The van der Waals surface area contributed by atoms with E-state index in [4.69, 9.17) is 9.72 Å². The molecule has 4 rings (SSSR count). The number of carboxylic acids is 1. The van der Waals surface area contributed by atoms with Gasteiger partial charge in [0.05, 0.1) is 13.2 Å². The molecule has 7 nitrogen and oxygen atoms in total. The van der Waals surface area contributed by atoms with Gasteiger partial charge in [-0.05, 0) is 24.3 Å². The number of carboxylic acid groups (broad SMARTS) is 1. The number of hydrogen-bond donors (Lipinski definition) is 1. The zero-order valence-corrected chi connectivity index (χ0v) is 15.2. The molecule has 1 aliphatic carbocycles. The molecule has 3 fully saturated rings. The Morgan fingerprint density at radius 2 is 1.92 bits per heavy atom. The summed E-state index contributed by atoms with van der Waals surface area (Å²) >= 11 is 0. The maximum Gasteiger partial charge on any atom is 0.326 e. The first-order valence-electron chi connectivity index (χ1n) is 9.87. The number of rotatable bonds is 4. The molecule has 7 heteroatoms. The van der Waals surface area contributed by atoms with E-state index in [0.717, 1.165) is 31.9 Å². The van der Waals surface area contributed by atoms with Crippen LogP contribution in [-0.4, -0.2) is 59.9 Å². The van der Waals surface area contributed by atoms with E-state index in [1.807, 2.05) is 11.0 Å². The average molecular weight is 360 g/mol. The number of aromatic nitrogens is 2. The highest BCUT2D eigenvalue weighted by Crippen LogP contribution is 2.39. The Bertz CT molecular complexity index is 629. The summed E-state index contributed by atoms with van der Waals surface area (Å²) in [7, 11) is 0. The number of hydrogen-bond acceptors (Lipinski definition) is 6. The van der Waals surface area contributed by atoms with Crippen molar-refractivity contribution in [2.75, 3.05) is 42.6 Å². The summed E-state index contributed by atoms with van der Waals surface area (Å²) in [6.07, 6.45) is 8.86. The lowest BCUT2D eigenvalue weighted by atomic mass is 9.79. The van der Waals surface area contributed by atoms with Crippen LogP contribution in [0.15, 0.2) is 12.3 Å². The normalized spacial score (nSPS) is 27.7. The Hall–Kier alpha value is -1.89. The molecule has 0 radical (unpaired) electrons. The van der Waals surface area contributed by atoms with Crippen LogP contribution in [0, 0.1) is 11.8 Å². The van der Waals surface area contributed by atoms with E-state index < -0.39 is 12.0 Å². The van der Waals surface area contributed by atoms with Crippen LogP contribution in [0.2, 0.25) is 0 Å². The quantitative estimate of drug-likeness (QED) is 0.881. The summed E-state index contributed by atoms with van der Waals surface area (Å²) in [4.78, 5) is 25.1. The van der Waals surface area contributed by atoms with Gasteiger partial charge in [0, 0.05) is 25.8 Å². The predicted octanol–water partition coefficient (Wildman–Crippen LogP) is 2.17. The molecule has 2 aliphatic heterocycles. The molecule has 1 aromatic heterocycles. The van der Waals surface area contributed by atoms with E-state index in [1.54, 1.807) is 6.20 Å². The van der Waals surface area contributed by atoms with Crippen LogP contribution < -0.4 is 9.80 Å². The number of anilines is 2. The fourth-order valence-corrected chi connectivity index (χ4v) is 4.72. The summed E-state index contributed by atoms with van der Waals surface area (Å²) in [6, 6.07) is 1.37. The molecular formula is C19H28N4O3. The van der Waals surface area contributed by atoms with Crippen molar-refractivity contribution in [2.45, 2.75) is 44.6 Å². The van der Waals surface area contributed by atoms with Gasteiger partial charge < -0.3 is 19.6 Å². The summed E-state index contributed by atoms with van der Waals surface area (Å²) in [6.45, 7) is 3.70. The molecule has 0 amide bonds. The van der Waals surface area contributed by atoms with Crippen LogP contribution >= 0.6 is 0 Å². The van der Waals surface area contributed by atoms with Crippen molar-refractivity contribution in [3.63, 3.8) is 0 Å². The van der Waals surface area contributed by atoms with Gasteiger partial charge in [0.2, 0.25) is 5.95 Å². The summed E-state index contributed by atoms with van der Waals surface area (Å²) in [5.74, 6) is 1.80. The van der Waals surface area contributed by atoms with Crippen LogP contribution in [0.1, 0.15) is 38.5 Å². The molecule has 1 aromatic rings. The number of ether oxygens (including phenoxy) is 1. The highest BCUT2D eigenvalue weighted by atomic mass is 16.5. The maximum atomic E-state index is 11.9. The largest absolute Gasteiger partial charge is 0.480 e. The van der Waals surface area contributed by atoms with Gasteiger partial charge in [-0.3, -0.25) is 0 Å². The summed E-state index contributed by atoms with van der Waals surface area (Å²) in [5.41, 5.74) is 0. The molecule has 2 saturated heterocycles. The van der Waals surface area contributed by atoms with Crippen molar-refractivity contribution in [1.82, 2.24) is 9.97 Å². The zero-order chi connectivity index (χ0) is 17.9. The molecule has 2 atom stereocenters. The first kappa shape index (κ1) is 17.5. The lowest BCUT2D eigenvalue weighted by Gasteiger charge is -2.29. The van der Waals surface area contributed by atoms with E-state index in [2.05, 4.69) is 9.88 Å². The van der Waals surface area contributed by atoms with Gasteiger partial charge in [-0.1, -0.05) is 32.1 Å². The second-order valence-corrected chi connectivity index (χ2v) is 7.71. The van der Waals surface area contributed by atoms with Gasteiger partial charge in [0.25, 0.3) is 0 Å². The van der Waals surface area contributed by atoms with Crippen LogP contribution in [0.25, 0.3) is 0 Å². The lowest BCUT2D eigenvalue weighted by Crippen LogP contribution is -2.39. The van der Waals surface area contributed by atoms with Crippen LogP contribution in [0.3, 0.4) is 0 Å². The maximum absolute atomic E-state index is 11.9. The summed E-state index contributed by atoms with van der Waals surface area (Å²) < 4.78 is 5.40. The highest BCUT2D eigenvalue weighted by Gasteiger charge is 2.41. The molecule has 26 heavy (non-hydrogen) atoms. The van der Waals surface area contributed by atoms with Gasteiger partial charge in [0.15, 0.2) is 0 Å². The third-order valence-corrected chi connectivity index (χ3v) is 6.15. The Labute approximate surface area is 154 Å². The second-order valence-electron chi connectivity index (χ2n) is 7.71. The van der Waals surface area contributed by atoms with Gasteiger partial charge in [0.1, 0.15) is 11.9 Å². The average Bonchev–Trinajstić information content (AvgIpc) is 3.15. The zero-order valence-electron chi connectivity index (χ0n) is 15.2. The number of carbonyl (C=O) groups is 1. The topological polar surface area (TPSA) is 78.8 Å². The SMILES string of the molecule is O=C(O)C1CC(C2CCCCC2)CN1c1ccnc(N2CCOCC2)n1. The lowest BCUT2D eigenvalue weighted by molar-refractivity contribution is -0.138. The Kier molecular flexibility index (Phi) is 5.24. The van der Waals surface area contributed by atoms with Gasteiger partial charge in [-0.25, -0.2) is 9.78 Å². The van der Waals surface area contributed by atoms with Gasteiger partial charge in [-0.2, -0.15) is 4.98 Å².